The van der Waals surface area contributed by atoms with Gasteiger partial charge in [0.25, 0.3) is 5.91 Å². The summed E-state index contributed by atoms with van der Waals surface area (Å²) in [6.45, 7) is 4.01. The van der Waals surface area contributed by atoms with Crippen LogP contribution in [0.3, 0.4) is 0 Å². The average Bonchev–Trinajstić information content (AvgIpc) is 2.53. The molecule has 1 atom stereocenters. The molecule has 2 rings (SSSR count). The van der Waals surface area contributed by atoms with Crippen LogP contribution in [0.25, 0.3) is 11.4 Å². The summed E-state index contributed by atoms with van der Waals surface area (Å²) < 4.78 is 0. The number of amides is 1. The van der Waals surface area contributed by atoms with Crippen LogP contribution in [0.4, 0.5) is 0 Å². The Morgan fingerprint density at radius 1 is 1.19 bits per heavy atom. The molecule has 0 spiro atoms. The second-order valence-corrected chi connectivity index (χ2v) is 5.18. The highest BCUT2D eigenvalue weighted by atomic mass is 16.3. The smallest absolute Gasteiger partial charge is 0.254 e. The molecule has 5 nitrogen and oxygen atoms in total. The molecule has 5 heteroatoms. The van der Waals surface area contributed by atoms with E-state index in [4.69, 9.17) is 0 Å². The van der Waals surface area contributed by atoms with Gasteiger partial charge in [-0.2, -0.15) is 0 Å². The van der Waals surface area contributed by atoms with Crippen molar-refractivity contribution in [1.29, 1.82) is 0 Å². The summed E-state index contributed by atoms with van der Waals surface area (Å²) in [7, 11) is 0. The summed E-state index contributed by atoms with van der Waals surface area (Å²) in [6.07, 6.45) is 2.43. The van der Waals surface area contributed by atoms with E-state index in [1.54, 1.807) is 0 Å². The lowest BCUT2D eigenvalue weighted by Crippen LogP contribution is -2.34. The molecule has 1 aromatic heterocycles. The normalized spacial score (nSPS) is 12.2. The summed E-state index contributed by atoms with van der Waals surface area (Å²) in [5, 5.41) is 12.3. The maximum Gasteiger partial charge on any atom is 0.254 e. The van der Waals surface area contributed by atoms with Crippen LogP contribution in [-0.2, 0) is 0 Å². The van der Waals surface area contributed by atoms with E-state index in [1.807, 2.05) is 44.2 Å². The highest BCUT2D eigenvalue weighted by molar-refractivity contribution is 5.93. The average molecular weight is 285 g/mol. The van der Waals surface area contributed by atoms with Crippen molar-refractivity contribution in [3.05, 3.63) is 48.3 Å². The Balaban J connectivity index is 2.00. The molecule has 1 heterocycles. The van der Waals surface area contributed by atoms with Gasteiger partial charge < -0.3 is 10.4 Å². The van der Waals surface area contributed by atoms with Gasteiger partial charge in [-0.15, -0.1) is 0 Å². The molecular weight excluding hydrogens is 266 g/mol. The van der Waals surface area contributed by atoms with Crippen molar-refractivity contribution < 1.29 is 9.90 Å². The van der Waals surface area contributed by atoms with Crippen molar-refractivity contribution >= 4 is 5.91 Å². The molecule has 0 aliphatic heterocycles. The number of hydrogen-bond donors (Lipinski definition) is 2. The molecule has 2 aromatic rings. The lowest BCUT2D eigenvalue weighted by Gasteiger charge is -2.14. The summed E-state index contributed by atoms with van der Waals surface area (Å²) in [4.78, 5) is 20.3. The fourth-order valence-corrected chi connectivity index (χ4v) is 1.72. The monoisotopic (exact) mass is 285 g/mol. The minimum Gasteiger partial charge on any atom is -0.391 e. The van der Waals surface area contributed by atoms with Crippen molar-refractivity contribution in [2.75, 3.05) is 6.54 Å². The standard InChI is InChI=1S/C16H19N3O2/c1-11(2)14(20)10-19-16(21)13-8-17-15(18-9-13)12-6-4-3-5-7-12/h3-9,11,14,20H,10H2,1-2H3,(H,19,21). The van der Waals surface area contributed by atoms with Crippen LogP contribution in [0.2, 0.25) is 0 Å². The van der Waals surface area contributed by atoms with Gasteiger partial charge in [0, 0.05) is 24.5 Å². The number of carbonyl (C=O) groups excluding carboxylic acids is 1. The van der Waals surface area contributed by atoms with E-state index < -0.39 is 6.10 Å². The molecule has 0 saturated carbocycles. The third kappa shape index (κ3) is 4.10. The molecule has 0 aliphatic carbocycles. The third-order valence-corrected chi connectivity index (χ3v) is 3.19. The first kappa shape index (κ1) is 15.1. The fraction of sp³-hybridized carbons (Fsp3) is 0.312. The Morgan fingerprint density at radius 2 is 1.81 bits per heavy atom. The molecule has 0 bridgehead atoms. The first-order chi connectivity index (χ1) is 10.1. The van der Waals surface area contributed by atoms with E-state index in [1.165, 1.54) is 12.4 Å². The molecule has 1 aromatic carbocycles. The number of nitrogens with zero attached hydrogens (tertiary/aromatic N) is 2. The summed E-state index contributed by atoms with van der Waals surface area (Å²) in [5.74, 6) is 0.394. The molecule has 1 amide bonds. The van der Waals surface area contributed by atoms with Crippen LogP contribution < -0.4 is 5.32 Å². The van der Waals surface area contributed by atoms with Gasteiger partial charge in [0.05, 0.1) is 11.7 Å². The first-order valence-electron chi connectivity index (χ1n) is 6.91. The van der Waals surface area contributed by atoms with Crippen LogP contribution in [0.15, 0.2) is 42.7 Å². The summed E-state index contributed by atoms with van der Waals surface area (Å²) >= 11 is 0. The fourth-order valence-electron chi connectivity index (χ4n) is 1.72. The van der Waals surface area contributed by atoms with E-state index in [2.05, 4.69) is 15.3 Å². The molecule has 0 saturated heterocycles. The van der Waals surface area contributed by atoms with Crippen molar-refractivity contribution in [2.24, 2.45) is 5.92 Å². The van der Waals surface area contributed by atoms with E-state index in [9.17, 15) is 9.90 Å². The molecule has 1 unspecified atom stereocenters. The number of benzene rings is 1. The maximum atomic E-state index is 11.9. The molecule has 2 N–H and O–H groups in total. The largest absolute Gasteiger partial charge is 0.391 e. The molecule has 0 aliphatic rings. The summed E-state index contributed by atoms with van der Waals surface area (Å²) in [5.41, 5.74) is 1.28. The number of nitrogens with one attached hydrogen (secondary N) is 1. The van der Waals surface area contributed by atoms with Gasteiger partial charge in [-0.1, -0.05) is 44.2 Å². The van der Waals surface area contributed by atoms with Gasteiger partial charge in [0.1, 0.15) is 0 Å². The van der Waals surface area contributed by atoms with Crippen LogP contribution in [0.5, 0.6) is 0 Å². The van der Waals surface area contributed by atoms with Gasteiger partial charge >= 0.3 is 0 Å². The minimum atomic E-state index is -0.557. The van der Waals surface area contributed by atoms with E-state index in [-0.39, 0.29) is 18.4 Å². The van der Waals surface area contributed by atoms with Crippen LogP contribution in [-0.4, -0.2) is 33.6 Å². The quantitative estimate of drug-likeness (QED) is 0.879. The number of aliphatic hydroxyl groups is 1. The Labute approximate surface area is 124 Å². The molecular formula is C16H19N3O2. The van der Waals surface area contributed by atoms with Crippen molar-refractivity contribution in [1.82, 2.24) is 15.3 Å². The number of aromatic nitrogens is 2. The Bertz CT molecular complexity index is 582. The SMILES string of the molecule is CC(C)C(O)CNC(=O)c1cnc(-c2ccccc2)nc1. The predicted octanol–water partition coefficient (Wildman–Crippen LogP) is 1.89. The van der Waals surface area contributed by atoms with Gasteiger partial charge in [-0.3, -0.25) is 4.79 Å². The van der Waals surface area contributed by atoms with Crippen LogP contribution in [0.1, 0.15) is 24.2 Å². The zero-order valence-electron chi connectivity index (χ0n) is 12.2. The number of aliphatic hydroxyl groups excluding tert-OH is 1. The Kier molecular flexibility index (Phi) is 5.00. The highest BCUT2D eigenvalue weighted by Gasteiger charge is 2.12. The number of hydrogen-bond acceptors (Lipinski definition) is 4. The van der Waals surface area contributed by atoms with E-state index >= 15 is 0 Å². The molecule has 21 heavy (non-hydrogen) atoms. The second-order valence-electron chi connectivity index (χ2n) is 5.18. The second kappa shape index (κ2) is 6.95. The molecule has 0 radical (unpaired) electrons. The van der Waals surface area contributed by atoms with Gasteiger partial charge in [-0.05, 0) is 5.92 Å². The third-order valence-electron chi connectivity index (χ3n) is 3.19. The predicted molar refractivity (Wildman–Crippen MR) is 80.6 cm³/mol. The first-order valence-corrected chi connectivity index (χ1v) is 6.91. The zero-order valence-corrected chi connectivity index (χ0v) is 12.2. The molecule has 110 valence electrons. The lowest BCUT2D eigenvalue weighted by molar-refractivity contribution is 0.0871. The Hall–Kier alpha value is -2.27. The van der Waals surface area contributed by atoms with Gasteiger partial charge in [0.2, 0.25) is 0 Å². The van der Waals surface area contributed by atoms with Gasteiger partial charge in [0.15, 0.2) is 5.82 Å². The Morgan fingerprint density at radius 3 is 2.38 bits per heavy atom. The zero-order chi connectivity index (χ0) is 15.2. The maximum absolute atomic E-state index is 11.9. The van der Waals surface area contributed by atoms with E-state index in [0.717, 1.165) is 5.56 Å². The van der Waals surface area contributed by atoms with Gasteiger partial charge in [-0.25, -0.2) is 9.97 Å². The van der Waals surface area contributed by atoms with Crippen molar-refractivity contribution in [3.63, 3.8) is 0 Å². The topological polar surface area (TPSA) is 75.1 Å². The van der Waals surface area contributed by atoms with Crippen LogP contribution in [0, 0.1) is 5.92 Å². The highest BCUT2D eigenvalue weighted by Crippen LogP contribution is 2.13. The minimum absolute atomic E-state index is 0.0991. The van der Waals surface area contributed by atoms with Crippen molar-refractivity contribution in [2.45, 2.75) is 20.0 Å². The van der Waals surface area contributed by atoms with E-state index in [0.29, 0.717) is 11.4 Å². The number of rotatable bonds is 5. The lowest BCUT2D eigenvalue weighted by atomic mass is 10.1. The van der Waals surface area contributed by atoms with Crippen LogP contribution >= 0.6 is 0 Å². The number of carbonyl (C=O) groups is 1. The molecule has 0 fully saturated rings. The van der Waals surface area contributed by atoms with Crippen molar-refractivity contribution in [3.8, 4) is 11.4 Å². The summed E-state index contributed by atoms with van der Waals surface area (Å²) in [6, 6.07) is 9.56.